The highest BCUT2D eigenvalue weighted by Crippen LogP contribution is 2.21. The molecule has 1 saturated carbocycles. The predicted octanol–water partition coefficient (Wildman–Crippen LogP) is 5.86. The first-order valence-corrected chi connectivity index (χ1v) is 13.4. The molecule has 2 aromatic rings. The summed E-state index contributed by atoms with van der Waals surface area (Å²) in [6.07, 6.45) is 5.63. The number of aryl methyl sites for hydroxylation is 1. The third kappa shape index (κ3) is 7.38. The topological polar surface area (TPSA) is 49.4 Å². The first-order valence-electron chi connectivity index (χ1n) is 11.4. The van der Waals surface area contributed by atoms with E-state index in [0.29, 0.717) is 12.3 Å². The number of amides is 2. The molecule has 32 heavy (non-hydrogen) atoms. The second kappa shape index (κ2) is 12.4. The molecular formula is C26H33BrN2O2S. The van der Waals surface area contributed by atoms with Gasteiger partial charge in [-0.05, 0) is 55.5 Å². The standard InChI is InChI=1S/C26H33BrN2O2S/c1-19-9-6-7-11-22(19)17-32-18-25(30)29(16-21-10-8-12-23(27)15-21)20(2)26(31)28-24-13-4-3-5-14-24/h6-12,15,20,24H,3-5,13-14,16-18H2,1-2H3,(H,28,31). The van der Waals surface area contributed by atoms with Gasteiger partial charge in [0.1, 0.15) is 6.04 Å². The first-order chi connectivity index (χ1) is 15.4. The summed E-state index contributed by atoms with van der Waals surface area (Å²) >= 11 is 5.11. The molecule has 1 aliphatic rings. The Morgan fingerprint density at radius 2 is 1.88 bits per heavy atom. The summed E-state index contributed by atoms with van der Waals surface area (Å²) in [6, 6.07) is 15.9. The van der Waals surface area contributed by atoms with Crippen LogP contribution >= 0.6 is 27.7 Å². The Morgan fingerprint density at radius 1 is 1.12 bits per heavy atom. The molecule has 3 rings (SSSR count). The van der Waals surface area contributed by atoms with Crippen molar-refractivity contribution in [3.05, 3.63) is 69.7 Å². The molecule has 1 atom stereocenters. The number of benzene rings is 2. The van der Waals surface area contributed by atoms with Gasteiger partial charge < -0.3 is 10.2 Å². The third-order valence-corrected chi connectivity index (χ3v) is 7.56. The van der Waals surface area contributed by atoms with E-state index in [1.54, 1.807) is 16.7 Å². The van der Waals surface area contributed by atoms with Gasteiger partial charge in [-0.2, -0.15) is 0 Å². The van der Waals surface area contributed by atoms with Crippen molar-refractivity contribution in [1.82, 2.24) is 10.2 Å². The van der Waals surface area contributed by atoms with E-state index < -0.39 is 6.04 Å². The largest absolute Gasteiger partial charge is 0.352 e. The minimum Gasteiger partial charge on any atom is -0.352 e. The van der Waals surface area contributed by atoms with Crippen molar-refractivity contribution in [2.75, 3.05) is 5.75 Å². The summed E-state index contributed by atoms with van der Waals surface area (Å²) in [5.74, 6) is 1.08. The number of hydrogen-bond acceptors (Lipinski definition) is 3. The normalized spacial score (nSPS) is 15.2. The molecule has 0 aromatic heterocycles. The molecule has 172 valence electrons. The fraction of sp³-hybridized carbons (Fsp3) is 0.462. The second-order valence-corrected chi connectivity index (χ2v) is 10.5. The van der Waals surface area contributed by atoms with Gasteiger partial charge in [0, 0.05) is 22.8 Å². The van der Waals surface area contributed by atoms with Crippen molar-refractivity contribution in [1.29, 1.82) is 0 Å². The van der Waals surface area contributed by atoms with Gasteiger partial charge in [-0.1, -0.05) is 71.6 Å². The predicted molar refractivity (Wildman–Crippen MR) is 137 cm³/mol. The lowest BCUT2D eigenvalue weighted by Gasteiger charge is -2.31. The second-order valence-electron chi connectivity index (χ2n) is 8.59. The molecule has 1 unspecified atom stereocenters. The maximum Gasteiger partial charge on any atom is 0.242 e. The number of carbonyl (C=O) groups is 2. The van der Waals surface area contributed by atoms with Crippen molar-refractivity contribution < 1.29 is 9.59 Å². The highest BCUT2D eigenvalue weighted by Gasteiger charge is 2.28. The molecule has 6 heteroatoms. The highest BCUT2D eigenvalue weighted by atomic mass is 79.9. The number of nitrogens with zero attached hydrogens (tertiary/aromatic N) is 1. The van der Waals surface area contributed by atoms with Crippen LogP contribution in [0.5, 0.6) is 0 Å². The van der Waals surface area contributed by atoms with Crippen molar-refractivity contribution >= 4 is 39.5 Å². The van der Waals surface area contributed by atoms with E-state index in [2.05, 4.69) is 40.3 Å². The monoisotopic (exact) mass is 516 g/mol. The van der Waals surface area contributed by atoms with Crippen LogP contribution in [0.2, 0.25) is 0 Å². The Morgan fingerprint density at radius 3 is 2.59 bits per heavy atom. The van der Waals surface area contributed by atoms with Crippen molar-refractivity contribution in [3.8, 4) is 0 Å². The van der Waals surface area contributed by atoms with Crippen molar-refractivity contribution in [2.45, 2.75) is 70.3 Å². The van der Waals surface area contributed by atoms with E-state index in [4.69, 9.17) is 0 Å². The minimum atomic E-state index is -0.512. The molecule has 0 spiro atoms. The van der Waals surface area contributed by atoms with Crippen LogP contribution in [0, 0.1) is 6.92 Å². The number of carbonyl (C=O) groups excluding carboxylic acids is 2. The average Bonchev–Trinajstić information content (AvgIpc) is 2.79. The quantitative estimate of drug-likeness (QED) is 0.454. The lowest BCUT2D eigenvalue weighted by Crippen LogP contribution is -2.50. The van der Waals surface area contributed by atoms with Crippen LogP contribution in [-0.4, -0.2) is 34.6 Å². The third-order valence-electron chi connectivity index (χ3n) is 6.11. The Balaban J connectivity index is 1.66. The molecule has 0 radical (unpaired) electrons. The molecule has 0 saturated heterocycles. The number of halogens is 1. The van der Waals surface area contributed by atoms with Crippen LogP contribution in [0.4, 0.5) is 0 Å². The van der Waals surface area contributed by atoms with Gasteiger partial charge in [-0.15, -0.1) is 11.8 Å². The van der Waals surface area contributed by atoms with E-state index in [-0.39, 0.29) is 17.9 Å². The molecular weight excluding hydrogens is 484 g/mol. The van der Waals surface area contributed by atoms with Crippen LogP contribution in [0.15, 0.2) is 53.0 Å². The summed E-state index contributed by atoms with van der Waals surface area (Å²) in [5.41, 5.74) is 3.49. The van der Waals surface area contributed by atoms with Gasteiger partial charge in [-0.25, -0.2) is 0 Å². The maximum atomic E-state index is 13.3. The Hall–Kier alpha value is -1.79. The summed E-state index contributed by atoms with van der Waals surface area (Å²) in [4.78, 5) is 28.0. The van der Waals surface area contributed by atoms with Crippen LogP contribution in [-0.2, 0) is 21.9 Å². The van der Waals surface area contributed by atoms with Gasteiger partial charge in [0.05, 0.1) is 5.75 Å². The zero-order valence-electron chi connectivity index (χ0n) is 19.0. The number of nitrogens with one attached hydrogen (secondary N) is 1. The van der Waals surface area contributed by atoms with Gasteiger partial charge in [0.2, 0.25) is 11.8 Å². The fourth-order valence-corrected chi connectivity index (χ4v) is 5.52. The summed E-state index contributed by atoms with van der Waals surface area (Å²) in [7, 11) is 0. The van der Waals surface area contributed by atoms with Gasteiger partial charge >= 0.3 is 0 Å². The van der Waals surface area contributed by atoms with Crippen LogP contribution in [0.1, 0.15) is 55.7 Å². The Labute approximate surface area is 204 Å². The number of thioether (sulfide) groups is 1. The molecule has 1 N–H and O–H groups in total. The Bertz CT molecular complexity index is 914. The highest BCUT2D eigenvalue weighted by molar-refractivity contribution is 9.10. The maximum absolute atomic E-state index is 13.3. The molecule has 4 nitrogen and oxygen atoms in total. The number of hydrogen-bond donors (Lipinski definition) is 1. The number of rotatable bonds is 9. The lowest BCUT2D eigenvalue weighted by atomic mass is 9.95. The zero-order chi connectivity index (χ0) is 22.9. The average molecular weight is 518 g/mol. The van der Waals surface area contributed by atoms with E-state index in [1.807, 2.05) is 43.3 Å². The van der Waals surface area contributed by atoms with Crippen LogP contribution in [0.25, 0.3) is 0 Å². The molecule has 2 aromatic carbocycles. The molecule has 0 bridgehead atoms. The van der Waals surface area contributed by atoms with Gasteiger partial charge in [0.25, 0.3) is 0 Å². The molecule has 1 fully saturated rings. The van der Waals surface area contributed by atoms with Gasteiger partial charge in [-0.3, -0.25) is 9.59 Å². The minimum absolute atomic E-state index is 0.00476. The van der Waals surface area contributed by atoms with Gasteiger partial charge in [0.15, 0.2) is 0 Å². The Kier molecular flexibility index (Phi) is 9.67. The summed E-state index contributed by atoms with van der Waals surface area (Å²) < 4.78 is 0.968. The first kappa shape index (κ1) is 24.8. The molecule has 2 amide bonds. The lowest BCUT2D eigenvalue weighted by molar-refractivity contribution is -0.139. The zero-order valence-corrected chi connectivity index (χ0v) is 21.4. The van der Waals surface area contributed by atoms with E-state index in [1.165, 1.54) is 17.5 Å². The van der Waals surface area contributed by atoms with Crippen molar-refractivity contribution in [3.63, 3.8) is 0 Å². The summed E-state index contributed by atoms with van der Waals surface area (Å²) in [6.45, 7) is 4.36. The van der Waals surface area contributed by atoms with Crippen molar-refractivity contribution in [2.24, 2.45) is 0 Å². The fourth-order valence-electron chi connectivity index (χ4n) is 4.09. The van der Waals surface area contributed by atoms with Crippen LogP contribution in [0.3, 0.4) is 0 Å². The van der Waals surface area contributed by atoms with E-state index in [9.17, 15) is 9.59 Å². The van der Waals surface area contributed by atoms with Crippen LogP contribution < -0.4 is 5.32 Å². The molecule has 1 aliphatic carbocycles. The van der Waals surface area contributed by atoms with E-state index >= 15 is 0 Å². The smallest absolute Gasteiger partial charge is 0.242 e. The molecule has 0 heterocycles. The molecule has 0 aliphatic heterocycles. The van der Waals surface area contributed by atoms with E-state index in [0.717, 1.165) is 41.5 Å². The SMILES string of the molecule is Cc1ccccc1CSCC(=O)N(Cc1cccc(Br)c1)C(C)C(=O)NC1CCCCC1. The summed E-state index contributed by atoms with van der Waals surface area (Å²) in [5, 5.41) is 3.19.